The van der Waals surface area contributed by atoms with Gasteiger partial charge in [0.1, 0.15) is 5.69 Å². The Morgan fingerprint density at radius 1 is 0.812 bits per heavy atom. The maximum atomic E-state index is 13.7. The number of carbonyl (C=O) groups is 1. The van der Waals surface area contributed by atoms with E-state index in [9.17, 15) is 4.79 Å². The first-order valence-electron chi connectivity index (χ1n) is 11.7. The van der Waals surface area contributed by atoms with Gasteiger partial charge in [0.2, 0.25) is 0 Å². The smallest absolute Gasteiger partial charge is 0.276 e. The Kier molecular flexibility index (Phi) is 7.10. The monoisotopic (exact) mass is 425 g/mol. The lowest BCUT2D eigenvalue weighted by Gasteiger charge is -2.24. The predicted molar refractivity (Wildman–Crippen MR) is 133 cm³/mol. The fraction of sp³-hybridized carbons (Fsp3) is 0.321. The molecular formula is C28H31N3O. The molecule has 2 heterocycles. The molecule has 4 nitrogen and oxygen atoms in total. The number of amides is 1. The Hall–Kier alpha value is -3.27. The largest absolute Gasteiger partial charge is 0.307 e. The van der Waals surface area contributed by atoms with Crippen molar-refractivity contribution in [3.8, 4) is 0 Å². The van der Waals surface area contributed by atoms with Gasteiger partial charge in [-0.25, -0.2) is 4.98 Å². The molecule has 1 amide bonds. The van der Waals surface area contributed by atoms with Gasteiger partial charge in [-0.1, -0.05) is 81.5 Å². The number of para-hydroxylation sites is 1. The van der Waals surface area contributed by atoms with Crippen molar-refractivity contribution in [2.45, 2.75) is 52.4 Å². The van der Waals surface area contributed by atoms with Gasteiger partial charge in [-0.3, -0.25) is 9.78 Å². The standard InChI is InChI=1S/C28H31N3O/c1-3-4-5-6-7-10-20-31(25-14-9-8-12-21(25)2)28(32)24-18-17-23-16-15-22-13-11-19-29-26(22)27(23)30-24/h8-9,11-19H,3-7,10,20H2,1-2H3. The van der Waals surface area contributed by atoms with Crippen LogP contribution in [-0.2, 0) is 0 Å². The van der Waals surface area contributed by atoms with E-state index in [1.165, 1.54) is 25.7 Å². The third kappa shape index (κ3) is 4.80. The van der Waals surface area contributed by atoms with Gasteiger partial charge in [0, 0.05) is 29.2 Å². The lowest BCUT2D eigenvalue weighted by Crippen LogP contribution is -2.33. The second-order valence-corrected chi connectivity index (χ2v) is 8.42. The number of hydrogen-bond acceptors (Lipinski definition) is 3. The average molecular weight is 426 g/mol. The van der Waals surface area contributed by atoms with E-state index in [0.29, 0.717) is 12.2 Å². The first-order valence-corrected chi connectivity index (χ1v) is 11.7. The van der Waals surface area contributed by atoms with Crippen LogP contribution in [0.4, 0.5) is 5.69 Å². The highest BCUT2D eigenvalue weighted by Gasteiger charge is 2.21. The van der Waals surface area contributed by atoms with Crippen LogP contribution in [0, 0.1) is 6.92 Å². The maximum absolute atomic E-state index is 13.7. The average Bonchev–Trinajstić information content (AvgIpc) is 2.83. The van der Waals surface area contributed by atoms with Crippen molar-refractivity contribution in [1.82, 2.24) is 9.97 Å². The topological polar surface area (TPSA) is 46.1 Å². The number of carbonyl (C=O) groups excluding carboxylic acids is 1. The zero-order valence-electron chi connectivity index (χ0n) is 19.1. The van der Waals surface area contributed by atoms with E-state index in [4.69, 9.17) is 4.98 Å². The van der Waals surface area contributed by atoms with E-state index in [2.05, 4.69) is 24.9 Å². The molecule has 2 aromatic heterocycles. The Morgan fingerprint density at radius 2 is 1.53 bits per heavy atom. The number of hydrogen-bond donors (Lipinski definition) is 0. The first-order chi connectivity index (χ1) is 15.7. The summed E-state index contributed by atoms with van der Waals surface area (Å²) in [5, 5.41) is 2.02. The molecule has 0 spiro atoms. The van der Waals surface area contributed by atoms with Gasteiger partial charge in [0.15, 0.2) is 0 Å². The van der Waals surface area contributed by atoms with Crippen LogP contribution >= 0.6 is 0 Å². The zero-order chi connectivity index (χ0) is 22.3. The summed E-state index contributed by atoms with van der Waals surface area (Å²) < 4.78 is 0. The van der Waals surface area contributed by atoms with E-state index < -0.39 is 0 Å². The van der Waals surface area contributed by atoms with Crippen molar-refractivity contribution < 1.29 is 4.79 Å². The van der Waals surface area contributed by atoms with Crippen LogP contribution in [0.2, 0.25) is 0 Å². The Bertz CT molecular complexity index is 1220. The van der Waals surface area contributed by atoms with Gasteiger partial charge < -0.3 is 4.90 Å². The van der Waals surface area contributed by atoms with Crippen molar-refractivity contribution in [1.29, 1.82) is 0 Å². The van der Waals surface area contributed by atoms with Crippen LogP contribution in [0.5, 0.6) is 0 Å². The normalized spacial score (nSPS) is 11.2. The molecule has 0 fully saturated rings. The van der Waals surface area contributed by atoms with Gasteiger partial charge in [0.05, 0.1) is 11.0 Å². The van der Waals surface area contributed by atoms with Crippen LogP contribution in [-0.4, -0.2) is 22.4 Å². The molecule has 0 unspecified atom stereocenters. The van der Waals surface area contributed by atoms with Crippen LogP contribution in [0.1, 0.15) is 61.5 Å². The minimum absolute atomic E-state index is 0.0531. The highest BCUT2D eigenvalue weighted by atomic mass is 16.2. The molecule has 4 aromatic rings. The van der Waals surface area contributed by atoms with Crippen LogP contribution in [0.25, 0.3) is 21.8 Å². The lowest BCUT2D eigenvalue weighted by atomic mass is 10.1. The predicted octanol–water partition coefficient (Wildman–Crippen LogP) is 7.10. The molecule has 0 radical (unpaired) electrons. The summed E-state index contributed by atoms with van der Waals surface area (Å²) in [6.45, 7) is 4.99. The minimum Gasteiger partial charge on any atom is -0.307 e. The van der Waals surface area contributed by atoms with E-state index >= 15 is 0 Å². The number of benzene rings is 2. The molecule has 0 saturated heterocycles. The molecule has 0 aliphatic heterocycles. The van der Waals surface area contributed by atoms with Gasteiger partial charge in [-0.05, 0) is 37.1 Å². The number of unbranched alkanes of at least 4 members (excludes halogenated alkanes) is 5. The molecule has 4 rings (SSSR count). The number of aromatic nitrogens is 2. The number of rotatable bonds is 9. The van der Waals surface area contributed by atoms with Crippen LogP contribution < -0.4 is 4.90 Å². The Labute approximate surface area is 190 Å². The first kappa shape index (κ1) is 21.9. The summed E-state index contributed by atoms with van der Waals surface area (Å²) in [5.74, 6) is -0.0531. The van der Waals surface area contributed by atoms with Crippen LogP contribution in [0.3, 0.4) is 0 Å². The molecule has 0 N–H and O–H groups in total. The molecule has 2 aromatic carbocycles. The molecule has 0 aliphatic rings. The molecule has 0 atom stereocenters. The summed E-state index contributed by atoms with van der Waals surface area (Å²) >= 11 is 0. The number of fused-ring (bicyclic) bond motifs is 3. The molecule has 164 valence electrons. The van der Waals surface area contributed by atoms with Crippen molar-refractivity contribution in [3.63, 3.8) is 0 Å². The van der Waals surface area contributed by atoms with E-state index in [0.717, 1.165) is 45.9 Å². The van der Waals surface area contributed by atoms with Crippen molar-refractivity contribution in [2.75, 3.05) is 11.4 Å². The highest BCUT2D eigenvalue weighted by Crippen LogP contribution is 2.25. The summed E-state index contributed by atoms with van der Waals surface area (Å²) in [6, 6.07) is 19.9. The third-order valence-corrected chi connectivity index (χ3v) is 6.04. The molecule has 4 heteroatoms. The molecular weight excluding hydrogens is 394 g/mol. The van der Waals surface area contributed by atoms with Gasteiger partial charge >= 0.3 is 0 Å². The van der Waals surface area contributed by atoms with Crippen molar-refractivity contribution in [2.24, 2.45) is 0 Å². The maximum Gasteiger partial charge on any atom is 0.276 e. The number of nitrogens with zero attached hydrogens (tertiary/aromatic N) is 3. The van der Waals surface area contributed by atoms with Gasteiger partial charge in [-0.15, -0.1) is 0 Å². The molecule has 0 aliphatic carbocycles. The summed E-state index contributed by atoms with van der Waals surface area (Å²) in [6.07, 6.45) is 8.90. The van der Waals surface area contributed by atoms with E-state index in [1.54, 1.807) is 6.20 Å². The second-order valence-electron chi connectivity index (χ2n) is 8.42. The highest BCUT2D eigenvalue weighted by molar-refractivity contribution is 6.08. The number of anilines is 1. The van der Waals surface area contributed by atoms with E-state index in [1.807, 2.05) is 59.5 Å². The summed E-state index contributed by atoms with van der Waals surface area (Å²) in [7, 11) is 0. The van der Waals surface area contributed by atoms with Gasteiger partial charge in [0.25, 0.3) is 5.91 Å². The van der Waals surface area contributed by atoms with Gasteiger partial charge in [-0.2, -0.15) is 0 Å². The molecule has 0 saturated carbocycles. The fourth-order valence-corrected chi connectivity index (χ4v) is 4.23. The zero-order valence-corrected chi connectivity index (χ0v) is 19.1. The van der Waals surface area contributed by atoms with Crippen LogP contribution in [0.15, 0.2) is 66.9 Å². The lowest BCUT2D eigenvalue weighted by molar-refractivity contribution is 0.0982. The Morgan fingerprint density at radius 3 is 2.34 bits per heavy atom. The number of pyridine rings is 2. The van der Waals surface area contributed by atoms with Crippen molar-refractivity contribution >= 4 is 33.4 Å². The quantitative estimate of drug-likeness (QED) is 0.212. The molecule has 0 bridgehead atoms. The molecule has 32 heavy (non-hydrogen) atoms. The van der Waals surface area contributed by atoms with E-state index in [-0.39, 0.29) is 5.91 Å². The van der Waals surface area contributed by atoms with Crippen molar-refractivity contribution in [3.05, 3.63) is 78.1 Å². The Balaban J connectivity index is 1.64. The summed E-state index contributed by atoms with van der Waals surface area (Å²) in [4.78, 5) is 24.9. The number of aryl methyl sites for hydroxylation is 1. The second kappa shape index (κ2) is 10.4. The summed E-state index contributed by atoms with van der Waals surface area (Å²) in [5.41, 5.74) is 4.13. The SMILES string of the molecule is CCCCCCCCN(C(=O)c1ccc2ccc3cccnc3c2n1)c1ccccc1C. The minimum atomic E-state index is -0.0531. The fourth-order valence-electron chi connectivity index (χ4n) is 4.23. The third-order valence-electron chi connectivity index (χ3n) is 6.04.